The van der Waals surface area contributed by atoms with E-state index in [4.69, 9.17) is 5.73 Å². The molecule has 0 aliphatic rings. The van der Waals surface area contributed by atoms with E-state index in [1.165, 1.54) is 0 Å². The minimum Gasteiger partial charge on any atom is -0.352 e. The summed E-state index contributed by atoms with van der Waals surface area (Å²) in [6, 6.07) is 7.74. The van der Waals surface area contributed by atoms with Gasteiger partial charge in [0.05, 0.1) is 6.42 Å². The van der Waals surface area contributed by atoms with Crippen molar-refractivity contribution in [3.8, 4) is 0 Å². The Hall–Kier alpha value is -0.870. The maximum atomic E-state index is 11.5. The van der Waals surface area contributed by atoms with Gasteiger partial charge in [0, 0.05) is 17.1 Å². The normalized spacial score (nSPS) is 12.2. The van der Waals surface area contributed by atoms with Gasteiger partial charge in [-0.05, 0) is 24.6 Å². The van der Waals surface area contributed by atoms with Crippen LogP contribution < -0.4 is 11.1 Å². The molecule has 0 spiro atoms. The molecule has 3 N–H and O–H groups in total. The van der Waals surface area contributed by atoms with E-state index in [1.807, 2.05) is 31.2 Å². The lowest BCUT2D eigenvalue weighted by Gasteiger charge is -2.11. The lowest BCUT2D eigenvalue weighted by molar-refractivity contribution is -0.120. The van der Waals surface area contributed by atoms with Gasteiger partial charge in [-0.2, -0.15) is 0 Å². The second-order valence-corrected chi connectivity index (χ2v) is 4.42. The number of halogens is 1. The molecule has 3 nitrogen and oxygen atoms in total. The molecule has 1 rings (SSSR count). The Kier molecular flexibility index (Phi) is 4.78. The molecule has 0 aromatic heterocycles. The highest BCUT2D eigenvalue weighted by molar-refractivity contribution is 9.10. The second kappa shape index (κ2) is 5.88. The van der Waals surface area contributed by atoms with Crippen LogP contribution in [0.2, 0.25) is 0 Å². The number of carbonyl (C=O) groups excluding carboxylic acids is 1. The Morgan fingerprint density at radius 3 is 2.60 bits per heavy atom. The van der Waals surface area contributed by atoms with Gasteiger partial charge in [-0.25, -0.2) is 0 Å². The fraction of sp³-hybridized carbons (Fsp3) is 0.364. The summed E-state index contributed by atoms with van der Waals surface area (Å²) in [5.41, 5.74) is 6.41. The molecule has 82 valence electrons. The van der Waals surface area contributed by atoms with Crippen molar-refractivity contribution in [2.24, 2.45) is 5.73 Å². The van der Waals surface area contributed by atoms with E-state index in [2.05, 4.69) is 21.2 Å². The van der Waals surface area contributed by atoms with Gasteiger partial charge >= 0.3 is 0 Å². The zero-order valence-corrected chi connectivity index (χ0v) is 10.3. The molecule has 1 atom stereocenters. The summed E-state index contributed by atoms with van der Waals surface area (Å²) < 4.78 is 1.02. The minimum absolute atomic E-state index is 0.00951. The van der Waals surface area contributed by atoms with Crippen molar-refractivity contribution in [3.05, 3.63) is 34.3 Å². The van der Waals surface area contributed by atoms with E-state index in [-0.39, 0.29) is 11.9 Å². The summed E-state index contributed by atoms with van der Waals surface area (Å²) in [4.78, 5) is 11.5. The number of amides is 1. The van der Waals surface area contributed by atoms with Crippen LogP contribution in [-0.4, -0.2) is 18.5 Å². The number of nitrogens with two attached hydrogens (primary N) is 1. The molecule has 0 aliphatic heterocycles. The van der Waals surface area contributed by atoms with Gasteiger partial charge in [0.25, 0.3) is 0 Å². The molecule has 0 saturated heterocycles. The van der Waals surface area contributed by atoms with Crippen molar-refractivity contribution in [3.63, 3.8) is 0 Å². The Morgan fingerprint density at radius 1 is 1.47 bits per heavy atom. The molecule has 0 heterocycles. The van der Waals surface area contributed by atoms with Crippen molar-refractivity contribution in [2.75, 3.05) is 6.54 Å². The van der Waals surface area contributed by atoms with Gasteiger partial charge in [0.1, 0.15) is 0 Å². The largest absolute Gasteiger partial charge is 0.352 e. The number of hydrogen-bond donors (Lipinski definition) is 2. The predicted molar refractivity (Wildman–Crippen MR) is 64.5 cm³/mol. The molecule has 0 saturated carbocycles. The van der Waals surface area contributed by atoms with Crippen LogP contribution in [0.1, 0.15) is 12.5 Å². The van der Waals surface area contributed by atoms with E-state index in [0.717, 1.165) is 10.0 Å². The number of rotatable bonds is 4. The lowest BCUT2D eigenvalue weighted by Crippen LogP contribution is -2.38. The van der Waals surface area contributed by atoms with Gasteiger partial charge in [0.15, 0.2) is 0 Å². The summed E-state index contributed by atoms with van der Waals surface area (Å²) in [5.74, 6) is 0.00951. The molecule has 1 aromatic carbocycles. The standard InChI is InChI=1S/C11H15BrN2O/c1-8(7-13)14-11(15)6-9-2-4-10(12)5-3-9/h2-5,8H,6-7,13H2,1H3,(H,14,15)/t8-/m0/s1. The highest BCUT2D eigenvalue weighted by Crippen LogP contribution is 2.10. The van der Waals surface area contributed by atoms with Crippen molar-refractivity contribution in [1.82, 2.24) is 5.32 Å². The van der Waals surface area contributed by atoms with Crippen molar-refractivity contribution < 1.29 is 4.79 Å². The molecule has 1 amide bonds. The highest BCUT2D eigenvalue weighted by atomic mass is 79.9. The zero-order valence-electron chi connectivity index (χ0n) is 8.66. The Labute approximate surface area is 98.2 Å². The zero-order chi connectivity index (χ0) is 11.3. The van der Waals surface area contributed by atoms with Gasteiger partial charge in [-0.1, -0.05) is 28.1 Å². The Balaban J connectivity index is 2.48. The molecule has 4 heteroatoms. The molecule has 1 aromatic rings. The third kappa shape index (κ3) is 4.44. The molecule has 15 heavy (non-hydrogen) atoms. The molecule has 0 fully saturated rings. The van der Waals surface area contributed by atoms with Crippen LogP contribution in [0.15, 0.2) is 28.7 Å². The van der Waals surface area contributed by atoms with Gasteiger partial charge < -0.3 is 11.1 Å². The predicted octanol–water partition coefficient (Wildman–Crippen LogP) is 1.46. The summed E-state index contributed by atoms with van der Waals surface area (Å²) in [5, 5.41) is 2.82. The highest BCUT2D eigenvalue weighted by Gasteiger charge is 2.06. The third-order valence-corrected chi connectivity index (χ3v) is 2.57. The first-order chi connectivity index (χ1) is 7.11. The maximum absolute atomic E-state index is 11.5. The summed E-state index contributed by atoms with van der Waals surface area (Å²) in [6.07, 6.45) is 0.400. The Bertz CT molecular complexity index is 324. The van der Waals surface area contributed by atoms with Crippen molar-refractivity contribution in [1.29, 1.82) is 0 Å². The quantitative estimate of drug-likeness (QED) is 0.871. The smallest absolute Gasteiger partial charge is 0.224 e. The molecule has 0 aliphatic carbocycles. The van der Waals surface area contributed by atoms with Crippen LogP contribution in [0, 0.1) is 0 Å². The van der Waals surface area contributed by atoms with Crippen LogP contribution in [-0.2, 0) is 11.2 Å². The van der Waals surface area contributed by atoms with Crippen LogP contribution in [0.4, 0.5) is 0 Å². The van der Waals surface area contributed by atoms with Gasteiger partial charge in [-0.3, -0.25) is 4.79 Å². The number of hydrogen-bond acceptors (Lipinski definition) is 2. The van der Waals surface area contributed by atoms with E-state index in [9.17, 15) is 4.79 Å². The van der Waals surface area contributed by atoms with Gasteiger partial charge in [0.2, 0.25) is 5.91 Å². The molecular formula is C11H15BrN2O. The summed E-state index contributed by atoms with van der Waals surface area (Å²) in [7, 11) is 0. The maximum Gasteiger partial charge on any atom is 0.224 e. The number of benzene rings is 1. The van der Waals surface area contributed by atoms with Crippen LogP contribution in [0.5, 0.6) is 0 Å². The van der Waals surface area contributed by atoms with Crippen LogP contribution in [0.3, 0.4) is 0 Å². The fourth-order valence-corrected chi connectivity index (χ4v) is 1.44. The molecule has 0 radical (unpaired) electrons. The number of nitrogens with one attached hydrogen (secondary N) is 1. The SMILES string of the molecule is C[C@@H](CN)NC(=O)Cc1ccc(Br)cc1. The van der Waals surface area contributed by atoms with Crippen molar-refractivity contribution >= 4 is 21.8 Å². The number of carbonyl (C=O) groups is 1. The molecular weight excluding hydrogens is 256 g/mol. The fourth-order valence-electron chi connectivity index (χ4n) is 1.17. The minimum atomic E-state index is 0.00951. The second-order valence-electron chi connectivity index (χ2n) is 3.51. The third-order valence-electron chi connectivity index (χ3n) is 2.04. The van der Waals surface area contributed by atoms with E-state index in [0.29, 0.717) is 13.0 Å². The average molecular weight is 271 g/mol. The molecule has 0 unspecified atom stereocenters. The summed E-state index contributed by atoms with van der Waals surface area (Å²) in [6.45, 7) is 2.35. The average Bonchev–Trinajstić information content (AvgIpc) is 2.21. The van der Waals surface area contributed by atoms with E-state index < -0.39 is 0 Å². The Morgan fingerprint density at radius 2 is 2.07 bits per heavy atom. The first-order valence-corrected chi connectivity index (χ1v) is 5.65. The topological polar surface area (TPSA) is 55.1 Å². The van der Waals surface area contributed by atoms with E-state index >= 15 is 0 Å². The van der Waals surface area contributed by atoms with Crippen molar-refractivity contribution in [2.45, 2.75) is 19.4 Å². The van der Waals surface area contributed by atoms with Crippen LogP contribution in [0.25, 0.3) is 0 Å². The lowest BCUT2D eigenvalue weighted by atomic mass is 10.1. The van der Waals surface area contributed by atoms with Crippen LogP contribution >= 0.6 is 15.9 Å². The first kappa shape index (κ1) is 12.2. The summed E-state index contributed by atoms with van der Waals surface area (Å²) >= 11 is 3.35. The first-order valence-electron chi connectivity index (χ1n) is 4.85. The monoisotopic (exact) mass is 270 g/mol. The van der Waals surface area contributed by atoms with Gasteiger partial charge in [-0.15, -0.1) is 0 Å². The molecule has 0 bridgehead atoms. The van der Waals surface area contributed by atoms with E-state index in [1.54, 1.807) is 0 Å².